The number of halogens is 1. The standard InChI is InChI=1S/C13H15ClN2O3/c1-8-3-2-4-12(8)15-13(17)10-6-5-9(16(18)19)7-11(10)14/h5-8,12H,2-4H2,1H3,(H,15,17). The van der Waals surface area contributed by atoms with Gasteiger partial charge in [-0.3, -0.25) is 14.9 Å². The van der Waals surface area contributed by atoms with Gasteiger partial charge in [0.05, 0.1) is 15.5 Å². The number of nitro groups is 1. The van der Waals surface area contributed by atoms with Gasteiger partial charge in [0.1, 0.15) is 0 Å². The number of benzene rings is 1. The highest BCUT2D eigenvalue weighted by atomic mass is 35.5. The van der Waals surface area contributed by atoms with Crippen LogP contribution < -0.4 is 5.32 Å². The van der Waals surface area contributed by atoms with Crippen LogP contribution in [0.1, 0.15) is 36.5 Å². The number of nitrogens with zero attached hydrogens (tertiary/aromatic N) is 1. The fourth-order valence-corrected chi connectivity index (χ4v) is 2.67. The summed E-state index contributed by atoms with van der Waals surface area (Å²) >= 11 is 5.92. The number of carbonyl (C=O) groups excluding carboxylic acids is 1. The van der Waals surface area contributed by atoms with Crippen molar-refractivity contribution in [3.8, 4) is 0 Å². The van der Waals surface area contributed by atoms with Crippen LogP contribution in [0.15, 0.2) is 18.2 Å². The van der Waals surface area contributed by atoms with E-state index >= 15 is 0 Å². The Bertz CT molecular complexity index is 519. The lowest BCUT2D eigenvalue weighted by Gasteiger charge is -2.17. The third kappa shape index (κ3) is 3.04. The summed E-state index contributed by atoms with van der Waals surface area (Å²) in [4.78, 5) is 22.2. The quantitative estimate of drug-likeness (QED) is 0.683. The molecule has 1 N–H and O–H groups in total. The molecule has 5 nitrogen and oxygen atoms in total. The van der Waals surface area contributed by atoms with E-state index in [1.54, 1.807) is 0 Å². The van der Waals surface area contributed by atoms with Gasteiger partial charge in [0.25, 0.3) is 11.6 Å². The zero-order valence-corrected chi connectivity index (χ0v) is 11.3. The van der Waals surface area contributed by atoms with Gasteiger partial charge in [-0.15, -0.1) is 0 Å². The average Bonchev–Trinajstić information content (AvgIpc) is 2.74. The Morgan fingerprint density at radius 2 is 2.21 bits per heavy atom. The molecule has 2 rings (SSSR count). The number of non-ortho nitro benzene ring substituents is 1. The van der Waals surface area contributed by atoms with Gasteiger partial charge in [-0.1, -0.05) is 24.9 Å². The van der Waals surface area contributed by atoms with E-state index in [0.29, 0.717) is 5.92 Å². The Morgan fingerprint density at radius 1 is 1.47 bits per heavy atom. The minimum Gasteiger partial charge on any atom is -0.349 e. The van der Waals surface area contributed by atoms with Gasteiger partial charge in [-0.2, -0.15) is 0 Å². The Labute approximate surface area is 116 Å². The maximum atomic E-state index is 12.1. The van der Waals surface area contributed by atoms with Crippen molar-refractivity contribution in [2.24, 2.45) is 5.92 Å². The molecule has 1 aliphatic rings. The number of amides is 1. The lowest BCUT2D eigenvalue weighted by atomic mass is 10.1. The lowest BCUT2D eigenvalue weighted by molar-refractivity contribution is -0.384. The molecular formula is C13H15ClN2O3. The number of hydrogen-bond acceptors (Lipinski definition) is 3. The summed E-state index contributed by atoms with van der Waals surface area (Å²) < 4.78 is 0. The minimum atomic E-state index is -0.535. The maximum Gasteiger partial charge on any atom is 0.270 e. The predicted molar refractivity (Wildman–Crippen MR) is 72.4 cm³/mol. The number of hydrogen-bond donors (Lipinski definition) is 1. The molecule has 6 heteroatoms. The molecular weight excluding hydrogens is 268 g/mol. The SMILES string of the molecule is CC1CCCC1NC(=O)c1ccc([N+](=O)[O-])cc1Cl. The van der Waals surface area contributed by atoms with Crippen molar-refractivity contribution >= 4 is 23.2 Å². The first-order chi connectivity index (χ1) is 8.99. The molecule has 0 heterocycles. The van der Waals surface area contributed by atoms with Crippen molar-refractivity contribution in [3.63, 3.8) is 0 Å². The molecule has 1 aromatic rings. The highest BCUT2D eigenvalue weighted by molar-refractivity contribution is 6.34. The second-order valence-corrected chi connectivity index (χ2v) is 5.32. The van der Waals surface area contributed by atoms with Crippen LogP contribution in [0.4, 0.5) is 5.69 Å². The van der Waals surface area contributed by atoms with Crippen LogP contribution in [0.3, 0.4) is 0 Å². The fourth-order valence-electron chi connectivity index (χ4n) is 2.41. The molecule has 19 heavy (non-hydrogen) atoms. The summed E-state index contributed by atoms with van der Waals surface area (Å²) in [6.45, 7) is 2.11. The predicted octanol–water partition coefficient (Wildman–Crippen LogP) is 3.17. The van der Waals surface area contributed by atoms with Crippen molar-refractivity contribution in [1.29, 1.82) is 0 Å². The summed E-state index contributed by atoms with van der Waals surface area (Å²) in [5.41, 5.74) is 0.169. The number of nitro benzene ring substituents is 1. The van der Waals surface area contributed by atoms with E-state index in [-0.39, 0.29) is 28.2 Å². The van der Waals surface area contributed by atoms with Gasteiger partial charge >= 0.3 is 0 Å². The van der Waals surface area contributed by atoms with Crippen LogP contribution in [0, 0.1) is 16.0 Å². The maximum absolute atomic E-state index is 12.1. The molecule has 0 aromatic heterocycles. The van der Waals surface area contributed by atoms with Crippen molar-refractivity contribution in [2.45, 2.75) is 32.2 Å². The zero-order valence-electron chi connectivity index (χ0n) is 10.6. The van der Waals surface area contributed by atoms with Gasteiger partial charge < -0.3 is 5.32 Å². The molecule has 1 saturated carbocycles. The molecule has 0 saturated heterocycles. The Morgan fingerprint density at radius 3 is 2.74 bits per heavy atom. The molecule has 0 radical (unpaired) electrons. The summed E-state index contributed by atoms with van der Waals surface area (Å²) in [7, 11) is 0. The third-order valence-electron chi connectivity index (χ3n) is 3.59. The summed E-state index contributed by atoms with van der Waals surface area (Å²) in [6.07, 6.45) is 3.19. The van der Waals surface area contributed by atoms with E-state index in [1.807, 2.05) is 0 Å². The monoisotopic (exact) mass is 282 g/mol. The Balaban J connectivity index is 2.13. The highest BCUT2D eigenvalue weighted by Gasteiger charge is 2.26. The van der Waals surface area contributed by atoms with Crippen molar-refractivity contribution < 1.29 is 9.72 Å². The summed E-state index contributed by atoms with van der Waals surface area (Å²) in [5.74, 6) is 0.194. The third-order valence-corrected chi connectivity index (χ3v) is 3.90. The van der Waals surface area contributed by atoms with Gasteiger partial charge in [-0.25, -0.2) is 0 Å². The molecule has 1 aliphatic carbocycles. The smallest absolute Gasteiger partial charge is 0.270 e. The Hall–Kier alpha value is -1.62. The second-order valence-electron chi connectivity index (χ2n) is 4.91. The molecule has 0 aliphatic heterocycles. The number of rotatable bonds is 3. The first-order valence-corrected chi connectivity index (χ1v) is 6.61. The lowest BCUT2D eigenvalue weighted by Crippen LogP contribution is -2.36. The van der Waals surface area contributed by atoms with E-state index in [9.17, 15) is 14.9 Å². The number of nitrogens with one attached hydrogen (secondary N) is 1. The second kappa shape index (κ2) is 5.57. The summed E-state index contributed by atoms with van der Waals surface area (Å²) in [6, 6.07) is 4.06. The average molecular weight is 283 g/mol. The molecule has 0 spiro atoms. The molecule has 1 amide bonds. The first-order valence-electron chi connectivity index (χ1n) is 6.24. The largest absolute Gasteiger partial charge is 0.349 e. The minimum absolute atomic E-state index is 0.109. The highest BCUT2D eigenvalue weighted by Crippen LogP contribution is 2.26. The topological polar surface area (TPSA) is 72.2 Å². The van der Waals surface area contributed by atoms with E-state index < -0.39 is 4.92 Å². The van der Waals surface area contributed by atoms with Crippen molar-refractivity contribution in [3.05, 3.63) is 38.9 Å². The van der Waals surface area contributed by atoms with Gasteiger partial charge in [0.15, 0.2) is 0 Å². The Kier molecular flexibility index (Phi) is 4.04. The van der Waals surface area contributed by atoms with E-state index in [0.717, 1.165) is 19.3 Å². The molecule has 2 atom stereocenters. The zero-order chi connectivity index (χ0) is 14.0. The molecule has 102 valence electrons. The van der Waals surface area contributed by atoms with Crippen molar-refractivity contribution in [1.82, 2.24) is 5.32 Å². The van der Waals surface area contributed by atoms with Crippen LogP contribution in [-0.4, -0.2) is 16.9 Å². The van der Waals surface area contributed by atoms with E-state index in [4.69, 9.17) is 11.6 Å². The van der Waals surface area contributed by atoms with E-state index in [1.165, 1.54) is 18.2 Å². The van der Waals surface area contributed by atoms with Crippen molar-refractivity contribution in [2.75, 3.05) is 0 Å². The van der Waals surface area contributed by atoms with Crippen LogP contribution in [0.25, 0.3) is 0 Å². The van der Waals surface area contributed by atoms with Gasteiger partial charge in [0, 0.05) is 18.2 Å². The normalized spacial score (nSPS) is 22.2. The fraction of sp³-hybridized carbons (Fsp3) is 0.462. The van der Waals surface area contributed by atoms with Crippen LogP contribution >= 0.6 is 11.6 Å². The van der Waals surface area contributed by atoms with E-state index in [2.05, 4.69) is 12.2 Å². The molecule has 1 fully saturated rings. The van der Waals surface area contributed by atoms with Gasteiger partial charge in [-0.05, 0) is 24.8 Å². The van der Waals surface area contributed by atoms with Gasteiger partial charge in [0.2, 0.25) is 0 Å². The van der Waals surface area contributed by atoms with Crippen LogP contribution in [0.5, 0.6) is 0 Å². The summed E-state index contributed by atoms with van der Waals surface area (Å²) in [5, 5.41) is 13.7. The molecule has 0 bridgehead atoms. The van der Waals surface area contributed by atoms with Crippen LogP contribution in [0.2, 0.25) is 5.02 Å². The first kappa shape index (κ1) is 13.8. The number of carbonyl (C=O) groups is 1. The van der Waals surface area contributed by atoms with Crippen LogP contribution in [-0.2, 0) is 0 Å². The molecule has 1 aromatic carbocycles. The molecule has 2 unspecified atom stereocenters.